The Morgan fingerprint density at radius 3 is 1.63 bits per heavy atom. The van der Waals surface area contributed by atoms with Gasteiger partial charge in [-0.2, -0.15) is 26.3 Å². The number of aryl methyl sites for hydroxylation is 3. The lowest BCUT2D eigenvalue weighted by molar-refractivity contribution is -0.156. The van der Waals surface area contributed by atoms with Crippen molar-refractivity contribution in [2.24, 2.45) is 5.73 Å². The van der Waals surface area contributed by atoms with Crippen molar-refractivity contribution in [3.63, 3.8) is 0 Å². The lowest BCUT2D eigenvalue weighted by Gasteiger charge is -2.24. The number of nitrogens with zero attached hydrogens (tertiary/aromatic N) is 4. The molecule has 0 aliphatic heterocycles. The van der Waals surface area contributed by atoms with E-state index in [-0.39, 0.29) is 24.5 Å². The van der Waals surface area contributed by atoms with Crippen molar-refractivity contribution < 1.29 is 50.1 Å². The number of rotatable bonds is 22. The Labute approximate surface area is 457 Å². The minimum atomic E-state index is -4.55. The molecule has 0 saturated heterocycles. The van der Waals surface area contributed by atoms with Gasteiger partial charge in [-0.3, -0.25) is 18.7 Å². The van der Waals surface area contributed by atoms with Crippen LogP contribution >= 0.6 is 0 Å². The lowest BCUT2D eigenvalue weighted by atomic mass is 10.0. The Balaban J connectivity index is 0.000000244. The molecule has 79 heavy (non-hydrogen) atoms. The molecular formula is C59H76F6N8O6. The van der Waals surface area contributed by atoms with Crippen LogP contribution in [0.1, 0.15) is 146 Å². The number of imidazole rings is 3. The number of carbonyl (C=O) groups is 2. The summed E-state index contributed by atoms with van der Waals surface area (Å²) in [6.45, 7) is 13.8. The van der Waals surface area contributed by atoms with Crippen LogP contribution in [0.15, 0.2) is 114 Å². The van der Waals surface area contributed by atoms with E-state index in [9.17, 15) is 40.7 Å². The molecule has 3 aromatic heterocycles. The monoisotopic (exact) mass is 1110 g/mol. The molecular weight excluding hydrogens is 1030 g/mol. The first-order valence-electron chi connectivity index (χ1n) is 26.6. The van der Waals surface area contributed by atoms with Gasteiger partial charge in [0.1, 0.15) is 22.9 Å². The standard InChI is InChI=1S/C29H33F3N4O3.C18H26F3NO3.C12H17N3/c1-28(2,3)39-26(37)19-24(20-10-9-11-21(18-20)29(30,31)32)36-17-16-35(27(36)38)15-8-4-5-14-25-33-22-12-6-7-13-23(22)34-25;1-12(24-5)11-22-15(10-16(23)25-17(2,3)4)13-7-6-8-14(9-13)18(19,20)21;13-9-5-1-2-8-12-14-10-6-3-4-7-11(10)15-12/h6-7,9-13,16-18,24H,4-5,8,14-15,19H2,1-3H3,(H,33,34);6-9,12,15,22H,10-11H2,1-5H3;3-4,6-7H,1-2,5,8-9,13H2,(H,14,15)/t;12?,15-;/m.0./s1. The van der Waals surface area contributed by atoms with Crippen LogP contribution in [0.2, 0.25) is 0 Å². The maximum atomic E-state index is 13.4. The van der Waals surface area contributed by atoms with Gasteiger partial charge < -0.3 is 35.2 Å². The molecule has 0 spiro atoms. The first-order valence-corrected chi connectivity index (χ1v) is 26.6. The largest absolute Gasteiger partial charge is 0.460 e. The summed E-state index contributed by atoms with van der Waals surface area (Å²) in [5.41, 5.74) is 6.75. The van der Waals surface area contributed by atoms with Gasteiger partial charge in [-0.25, -0.2) is 14.8 Å². The van der Waals surface area contributed by atoms with Gasteiger partial charge in [-0.05, 0) is 140 Å². The Bertz CT molecular complexity index is 2990. The van der Waals surface area contributed by atoms with Gasteiger partial charge in [-0.15, -0.1) is 0 Å². The van der Waals surface area contributed by atoms with Gasteiger partial charge in [0.15, 0.2) is 0 Å². The van der Waals surface area contributed by atoms with Crippen LogP contribution in [0, 0.1) is 0 Å². The molecule has 0 saturated carbocycles. The van der Waals surface area contributed by atoms with Crippen LogP contribution in [0.3, 0.4) is 0 Å². The topological polar surface area (TPSA) is 184 Å². The summed E-state index contributed by atoms with van der Waals surface area (Å²) in [6, 6.07) is 24.1. The molecule has 4 aromatic carbocycles. The minimum Gasteiger partial charge on any atom is -0.460 e. The van der Waals surface area contributed by atoms with Crippen molar-refractivity contribution in [3.8, 4) is 0 Å². The van der Waals surface area contributed by atoms with E-state index >= 15 is 0 Å². The van der Waals surface area contributed by atoms with Crippen molar-refractivity contribution >= 4 is 34.0 Å². The van der Waals surface area contributed by atoms with E-state index in [0.717, 1.165) is 109 Å². The van der Waals surface area contributed by atoms with Gasteiger partial charge in [0.25, 0.3) is 0 Å². The average molecular weight is 1110 g/mol. The van der Waals surface area contributed by atoms with Crippen molar-refractivity contribution in [1.29, 1.82) is 0 Å². The summed E-state index contributed by atoms with van der Waals surface area (Å²) in [6.07, 6.45) is 1.41. The molecule has 14 nitrogen and oxygen atoms in total. The van der Waals surface area contributed by atoms with Gasteiger partial charge in [-0.1, -0.05) is 61.4 Å². The Hall–Kier alpha value is -6.77. The number of nitrogens with one attached hydrogen (secondary N) is 3. The van der Waals surface area contributed by atoms with Crippen LogP contribution in [0.5, 0.6) is 0 Å². The molecule has 0 aliphatic carbocycles. The van der Waals surface area contributed by atoms with Gasteiger partial charge in [0.2, 0.25) is 0 Å². The van der Waals surface area contributed by atoms with E-state index in [1.165, 1.54) is 40.0 Å². The van der Waals surface area contributed by atoms with E-state index in [4.69, 9.17) is 19.9 Å². The second kappa shape index (κ2) is 28.9. The summed E-state index contributed by atoms with van der Waals surface area (Å²) in [4.78, 5) is 53.8. The summed E-state index contributed by atoms with van der Waals surface area (Å²) < 4.78 is 97.7. The van der Waals surface area contributed by atoms with Crippen LogP contribution < -0.4 is 16.7 Å². The van der Waals surface area contributed by atoms with E-state index < -0.39 is 64.4 Å². The highest BCUT2D eigenvalue weighted by molar-refractivity contribution is 5.75. The van der Waals surface area contributed by atoms with Gasteiger partial charge in [0, 0.05) is 51.5 Å². The van der Waals surface area contributed by atoms with Crippen molar-refractivity contribution in [2.45, 2.75) is 161 Å². The molecule has 20 heteroatoms. The first-order chi connectivity index (χ1) is 37.2. The number of hydrogen-bond donors (Lipinski definition) is 4. The van der Waals surface area contributed by atoms with Crippen molar-refractivity contribution in [1.82, 2.24) is 34.4 Å². The second-order valence-corrected chi connectivity index (χ2v) is 21.3. The number of hydrogen-bond acceptors (Lipinski definition) is 10. The molecule has 430 valence electrons. The zero-order chi connectivity index (χ0) is 58.0. The number of carbonyl (C=O) groups excluding carboxylic acids is 2. The number of unbranched alkanes of at least 4 members (excludes halogenated alkanes) is 4. The van der Waals surface area contributed by atoms with Gasteiger partial charge in [0.05, 0.1) is 58.2 Å². The highest BCUT2D eigenvalue weighted by atomic mass is 19.4. The molecule has 0 bridgehead atoms. The summed E-state index contributed by atoms with van der Waals surface area (Å²) in [5, 5.41) is 3.09. The number of fused-ring (bicyclic) bond motifs is 2. The summed E-state index contributed by atoms with van der Waals surface area (Å²) in [7, 11) is 1.54. The third-order valence-electron chi connectivity index (χ3n) is 12.4. The fraction of sp³-hybridized carbons (Fsp3) is 0.475. The highest BCUT2D eigenvalue weighted by Gasteiger charge is 2.33. The molecule has 0 aliphatic rings. The number of nitrogens with two attached hydrogens (primary N) is 1. The zero-order valence-corrected chi connectivity index (χ0v) is 46.4. The molecule has 3 atom stereocenters. The van der Waals surface area contributed by atoms with E-state index in [2.05, 4.69) is 31.3 Å². The number of aromatic nitrogens is 6. The van der Waals surface area contributed by atoms with Crippen molar-refractivity contribution in [2.75, 3.05) is 20.2 Å². The van der Waals surface area contributed by atoms with E-state index in [1.54, 1.807) is 60.9 Å². The highest BCUT2D eigenvalue weighted by Crippen LogP contribution is 2.34. The average Bonchev–Trinajstić information content (AvgIpc) is 4.17. The number of methoxy groups -OCH3 is 1. The summed E-state index contributed by atoms with van der Waals surface area (Å²) >= 11 is 0. The summed E-state index contributed by atoms with van der Waals surface area (Å²) in [5.74, 6) is 0.932. The Morgan fingerprint density at radius 2 is 1.14 bits per heavy atom. The predicted octanol–water partition coefficient (Wildman–Crippen LogP) is 12.6. The smallest absolute Gasteiger partial charge is 0.416 e. The van der Waals surface area contributed by atoms with E-state index in [1.807, 2.05) is 49.4 Å². The number of aromatic amines is 2. The van der Waals surface area contributed by atoms with Crippen LogP contribution in [0.25, 0.3) is 22.1 Å². The quantitative estimate of drug-likeness (QED) is 0.0289. The number of ether oxygens (including phenoxy) is 3. The number of H-pyrrole nitrogens is 2. The van der Waals surface area contributed by atoms with Crippen LogP contribution in [0.4, 0.5) is 26.3 Å². The number of alkyl halides is 6. The normalized spacial score (nSPS) is 13.3. The maximum Gasteiger partial charge on any atom is 0.416 e. The third-order valence-corrected chi connectivity index (χ3v) is 12.4. The van der Waals surface area contributed by atoms with Crippen molar-refractivity contribution in [3.05, 3.63) is 154 Å². The predicted molar refractivity (Wildman–Crippen MR) is 294 cm³/mol. The molecule has 3 heterocycles. The van der Waals surface area contributed by atoms with Crippen LogP contribution in [-0.2, 0) is 55.5 Å². The lowest BCUT2D eigenvalue weighted by Crippen LogP contribution is -2.33. The maximum absolute atomic E-state index is 13.4. The Kier molecular flexibility index (Phi) is 23.1. The molecule has 7 aromatic rings. The fourth-order valence-electron chi connectivity index (χ4n) is 8.47. The first kappa shape index (κ1) is 63.1. The number of para-hydroxylation sites is 4. The van der Waals surface area contributed by atoms with E-state index in [0.29, 0.717) is 18.7 Å². The second-order valence-electron chi connectivity index (χ2n) is 21.3. The zero-order valence-electron chi connectivity index (χ0n) is 46.4. The minimum absolute atomic E-state index is 0.0744. The molecule has 5 N–H and O–H groups in total. The fourth-order valence-corrected chi connectivity index (χ4v) is 8.47. The number of benzene rings is 4. The molecule has 0 radical (unpaired) electrons. The molecule has 0 fully saturated rings. The third kappa shape index (κ3) is 21.1. The molecule has 7 rings (SSSR count). The SMILES string of the molecule is CC(C)(C)OC(=O)CC(c1cccc(C(F)(F)F)c1)n1ccn(CCCCCc2nc3ccccc3[nH]2)c1=O.COC(C)CN[C@@H](CC(=O)OC(C)(C)C)c1cccc(C(F)(F)F)c1.NCCCCCc1nc2ccccc2[nH]1. The van der Waals surface area contributed by atoms with Crippen LogP contribution in [-0.4, -0.2) is 78.5 Å². The molecule has 2 unspecified atom stereocenters. The Morgan fingerprint density at radius 1 is 0.646 bits per heavy atom. The number of halogens is 6. The number of esters is 2. The van der Waals surface area contributed by atoms with Gasteiger partial charge >= 0.3 is 30.0 Å². The molecule has 0 amide bonds.